The molecule has 0 bridgehead atoms. The van der Waals surface area contributed by atoms with Gasteiger partial charge in [0.2, 0.25) is 6.79 Å². The van der Waals surface area contributed by atoms with E-state index in [-0.39, 0.29) is 25.0 Å². The van der Waals surface area contributed by atoms with Crippen molar-refractivity contribution in [2.24, 2.45) is 0 Å². The Morgan fingerprint density at radius 1 is 1.00 bits per heavy atom. The van der Waals surface area contributed by atoms with Gasteiger partial charge in [0.25, 0.3) is 5.56 Å². The Kier molecular flexibility index (Phi) is 4.92. The molecule has 3 aromatic carbocycles. The summed E-state index contributed by atoms with van der Waals surface area (Å²) in [6, 6.07) is 15.4. The average molecular weight is 464 g/mol. The van der Waals surface area contributed by atoms with Crippen LogP contribution in [-0.4, -0.2) is 23.1 Å². The van der Waals surface area contributed by atoms with Gasteiger partial charge in [0.15, 0.2) is 23.4 Å². The third kappa shape index (κ3) is 3.59. The minimum atomic E-state index is -0.363. The first kappa shape index (κ1) is 20.1. The zero-order valence-corrected chi connectivity index (χ0v) is 18.1. The predicted molar refractivity (Wildman–Crippen MR) is 120 cm³/mol. The van der Waals surface area contributed by atoms with Crippen LogP contribution in [0.5, 0.6) is 17.2 Å². The van der Waals surface area contributed by atoms with Crippen LogP contribution in [0.25, 0.3) is 16.6 Å². The predicted octanol–water partition coefficient (Wildman–Crippen LogP) is 4.41. The summed E-state index contributed by atoms with van der Waals surface area (Å²) in [7, 11) is 0. The van der Waals surface area contributed by atoms with Gasteiger partial charge in [-0.25, -0.2) is 9.37 Å². The van der Waals surface area contributed by atoms with Gasteiger partial charge in [-0.05, 0) is 36.4 Å². The normalized spacial score (nSPS) is 14.2. The second-order valence-corrected chi connectivity index (χ2v) is 8.48. The quantitative estimate of drug-likeness (QED) is 0.327. The molecule has 6 rings (SSSR count). The Hall–Kier alpha value is -3.56. The number of hydrogen-bond donors (Lipinski definition) is 0. The summed E-state index contributed by atoms with van der Waals surface area (Å²) >= 11 is 1.33. The lowest BCUT2D eigenvalue weighted by Crippen LogP contribution is -2.21. The molecule has 0 radical (unpaired) electrons. The van der Waals surface area contributed by atoms with E-state index in [1.165, 1.54) is 23.9 Å². The minimum absolute atomic E-state index is 0.117. The molecule has 0 amide bonds. The van der Waals surface area contributed by atoms with Gasteiger partial charge in [-0.3, -0.25) is 9.36 Å². The molecular formula is C24H17FN2O5S. The van der Waals surface area contributed by atoms with Crippen molar-refractivity contribution in [3.05, 3.63) is 81.9 Å². The fourth-order valence-electron chi connectivity index (χ4n) is 3.97. The molecule has 0 fully saturated rings. The van der Waals surface area contributed by atoms with Crippen LogP contribution in [0.3, 0.4) is 0 Å². The molecule has 0 atom stereocenters. The number of rotatable bonds is 4. The van der Waals surface area contributed by atoms with E-state index in [9.17, 15) is 9.18 Å². The topological polar surface area (TPSA) is 71.8 Å². The molecular weight excluding hydrogens is 447 g/mol. The minimum Gasteiger partial charge on any atom is -0.467 e. The van der Waals surface area contributed by atoms with Crippen LogP contribution in [0.4, 0.5) is 4.39 Å². The molecule has 0 N–H and O–H groups in total. The number of thioether (sulfide) groups is 1. The van der Waals surface area contributed by atoms with Gasteiger partial charge in [-0.1, -0.05) is 23.9 Å². The Morgan fingerprint density at radius 2 is 1.88 bits per heavy atom. The van der Waals surface area contributed by atoms with Gasteiger partial charge < -0.3 is 18.9 Å². The first-order valence-electron chi connectivity index (χ1n) is 10.2. The van der Waals surface area contributed by atoms with E-state index in [4.69, 9.17) is 23.9 Å². The van der Waals surface area contributed by atoms with Crippen LogP contribution in [0.1, 0.15) is 11.1 Å². The van der Waals surface area contributed by atoms with Crippen LogP contribution in [0.2, 0.25) is 0 Å². The molecule has 1 aromatic heterocycles. The van der Waals surface area contributed by atoms with Gasteiger partial charge in [0.1, 0.15) is 11.6 Å². The Balaban J connectivity index is 1.45. The second kappa shape index (κ2) is 8.09. The van der Waals surface area contributed by atoms with Crippen LogP contribution < -0.4 is 19.8 Å². The number of nitrogens with zero attached hydrogens (tertiary/aromatic N) is 2. The van der Waals surface area contributed by atoms with Crippen molar-refractivity contribution in [1.82, 2.24) is 9.55 Å². The molecule has 0 unspecified atom stereocenters. The van der Waals surface area contributed by atoms with E-state index in [2.05, 4.69) is 0 Å². The van der Waals surface area contributed by atoms with E-state index in [1.54, 1.807) is 41.0 Å². The molecule has 3 heterocycles. The van der Waals surface area contributed by atoms with Crippen molar-refractivity contribution < 1.29 is 23.3 Å². The van der Waals surface area contributed by atoms with Gasteiger partial charge in [0, 0.05) is 22.9 Å². The molecule has 166 valence electrons. The van der Waals surface area contributed by atoms with Gasteiger partial charge >= 0.3 is 0 Å². The maximum atomic E-state index is 14.2. The zero-order chi connectivity index (χ0) is 22.4. The number of halogens is 1. The number of fused-ring (bicyclic) bond motifs is 3. The Labute approximate surface area is 191 Å². The molecule has 7 nitrogen and oxygen atoms in total. The number of hydrogen-bond acceptors (Lipinski definition) is 7. The SMILES string of the molecule is O=c1c2ccccc2nc(SCc2cc(F)cc3c2OCOC3)n1-c1ccc2c(c1)OCO2. The largest absolute Gasteiger partial charge is 0.467 e. The van der Waals surface area contributed by atoms with E-state index in [1.807, 2.05) is 6.07 Å². The van der Waals surface area contributed by atoms with E-state index < -0.39 is 0 Å². The maximum absolute atomic E-state index is 14.2. The highest BCUT2D eigenvalue weighted by Gasteiger charge is 2.21. The second-order valence-electron chi connectivity index (χ2n) is 7.54. The summed E-state index contributed by atoms with van der Waals surface area (Å²) in [5.74, 6) is 1.80. The summed E-state index contributed by atoms with van der Waals surface area (Å²) in [6.07, 6.45) is 0. The van der Waals surface area contributed by atoms with Crippen molar-refractivity contribution in [2.45, 2.75) is 17.5 Å². The third-order valence-electron chi connectivity index (χ3n) is 5.47. The molecule has 4 aromatic rings. The summed E-state index contributed by atoms with van der Waals surface area (Å²) in [6.45, 7) is 0.549. The molecule has 2 aliphatic rings. The Morgan fingerprint density at radius 3 is 2.82 bits per heavy atom. The number of aromatic nitrogens is 2. The van der Waals surface area contributed by atoms with Gasteiger partial charge in [-0.15, -0.1) is 0 Å². The smallest absolute Gasteiger partial charge is 0.266 e. The maximum Gasteiger partial charge on any atom is 0.266 e. The lowest BCUT2D eigenvalue weighted by molar-refractivity contribution is -0.0171. The lowest BCUT2D eigenvalue weighted by atomic mass is 10.1. The zero-order valence-electron chi connectivity index (χ0n) is 17.2. The summed E-state index contributed by atoms with van der Waals surface area (Å²) in [5.41, 5.74) is 2.34. The van der Waals surface area contributed by atoms with Crippen molar-refractivity contribution in [2.75, 3.05) is 13.6 Å². The lowest BCUT2D eigenvalue weighted by Gasteiger charge is -2.21. The van der Waals surface area contributed by atoms with Crippen molar-refractivity contribution in [3.8, 4) is 22.9 Å². The highest BCUT2D eigenvalue weighted by molar-refractivity contribution is 7.98. The van der Waals surface area contributed by atoms with Crippen molar-refractivity contribution in [3.63, 3.8) is 0 Å². The summed E-state index contributed by atoms with van der Waals surface area (Å²) in [5, 5.41) is 0.978. The molecule has 2 aliphatic heterocycles. The molecule has 9 heteroatoms. The highest BCUT2D eigenvalue weighted by atomic mass is 32.2. The number of para-hydroxylation sites is 1. The van der Waals surface area contributed by atoms with Crippen LogP contribution in [0.15, 0.2) is 64.5 Å². The van der Waals surface area contributed by atoms with Crippen LogP contribution in [-0.2, 0) is 17.1 Å². The van der Waals surface area contributed by atoms with Gasteiger partial charge in [-0.2, -0.15) is 0 Å². The summed E-state index contributed by atoms with van der Waals surface area (Å²) < 4.78 is 37.6. The average Bonchev–Trinajstić information content (AvgIpc) is 3.30. The fourth-order valence-corrected chi connectivity index (χ4v) is 4.95. The summed E-state index contributed by atoms with van der Waals surface area (Å²) in [4.78, 5) is 18.2. The molecule has 0 aliphatic carbocycles. The van der Waals surface area contributed by atoms with Crippen LogP contribution >= 0.6 is 11.8 Å². The standard InChI is InChI=1S/C24H17FN2O5S/c25-16-7-14-10-29-12-32-22(14)15(8-16)11-33-24-26-19-4-2-1-3-18(19)23(28)27(24)17-5-6-20-21(9-17)31-13-30-20/h1-9H,10-13H2. The third-order valence-corrected chi connectivity index (χ3v) is 6.46. The number of benzene rings is 3. The van der Waals surface area contributed by atoms with E-state index in [0.29, 0.717) is 62.5 Å². The first-order valence-corrected chi connectivity index (χ1v) is 11.2. The van der Waals surface area contributed by atoms with Gasteiger partial charge in [0.05, 0.1) is 23.2 Å². The first-order chi connectivity index (χ1) is 16.2. The molecule has 0 saturated carbocycles. The van der Waals surface area contributed by atoms with E-state index in [0.717, 1.165) is 0 Å². The van der Waals surface area contributed by atoms with Crippen molar-refractivity contribution >= 4 is 22.7 Å². The van der Waals surface area contributed by atoms with E-state index >= 15 is 0 Å². The molecule has 0 spiro atoms. The number of ether oxygens (including phenoxy) is 4. The van der Waals surface area contributed by atoms with Crippen molar-refractivity contribution in [1.29, 1.82) is 0 Å². The van der Waals surface area contributed by atoms with Crippen LogP contribution in [0, 0.1) is 5.82 Å². The Bertz CT molecular complexity index is 1460. The fraction of sp³-hybridized carbons (Fsp3) is 0.167. The monoisotopic (exact) mass is 464 g/mol. The molecule has 33 heavy (non-hydrogen) atoms. The molecule has 0 saturated heterocycles. The highest BCUT2D eigenvalue weighted by Crippen LogP contribution is 2.36.